The van der Waals surface area contributed by atoms with Crippen molar-refractivity contribution in [3.8, 4) is 0 Å². The molecule has 0 aliphatic carbocycles. The molecule has 6 nitrogen and oxygen atoms in total. The number of rotatable bonds is 4. The van der Waals surface area contributed by atoms with Crippen molar-refractivity contribution < 1.29 is 0 Å². The van der Waals surface area contributed by atoms with Crippen molar-refractivity contribution in [2.24, 2.45) is 14.1 Å². The lowest BCUT2D eigenvalue weighted by molar-refractivity contribution is 0.531. The predicted octanol–water partition coefficient (Wildman–Crippen LogP) is 1.01. The molecule has 0 bridgehead atoms. The average molecular weight is 299 g/mol. The Labute approximate surface area is 108 Å². The molecule has 0 amide bonds. The van der Waals surface area contributed by atoms with E-state index < -0.39 is 0 Å². The summed E-state index contributed by atoms with van der Waals surface area (Å²) >= 11 is 3.43. The summed E-state index contributed by atoms with van der Waals surface area (Å²) in [4.78, 5) is 4.38. The number of hydrogen-bond donors (Lipinski definition) is 1. The molecule has 2 heterocycles. The van der Waals surface area contributed by atoms with Gasteiger partial charge in [-0.2, -0.15) is 0 Å². The second-order valence-electron chi connectivity index (χ2n) is 3.78. The lowest BCUT2D eigenvalue weighted by Gasteiger charge is -2.17. The Kier molecular flexibility index (Phi) is 3.58. The highest BCUT2D eigenvalue weighted by Crippen LogP contribution is 2.25. The first-order valence-corrected chi connectivity index (χ1v) is 6.20. The Morgan fingerprint density at radius 1 is 1.47 bits per heavy atom. The van der Waals surface area contributed by atoms with Gasteiger partial charge in [0.05, 0.1) is 5.69 Å². The molecule has 1 atom stereocenters. The van der Waals surface area contributed by atoms with E-state index in [4.69, 9.17) is 0 Å². The monoisotopic (exact) mass is 298 g/mol. The highest BCUT2D eigenvalue weighted by molar-refractivity contribution is 9.10. The third kappa shape index (κ3) is 2.25. The van der Waals surface area contributed by atoms with Crippen molar-refractivity contribution in [3.63, 3.8) is 0 Å². The fourth-order valence-electron chi connectivity index (χ4n) is 1.81. The summed E-state index contributed by atoms with van der Waals surface area (Å²) in [7, 11) is 3.85. The lowest BCUT2D eigenvalue weighted by Crippen LogP contribution is -2.27. The maximum Gasteiger partial charge on any atom is 0.153 e. The van der Waals surface area contributed by atoms with Crippen LogP contribution in [0.25, 0.3) is 0 Å². The molecule has 0 radical (unpaired) electrons. The van der Waals surface area contributed by atoms with Gasteiger partial charge >= 0.3 is 0 Å². The predicted molar refractivity (Wildman–Crippen MR) is 67.4 cm³/mol. The largest absolute Gasteiger partial charge is 0.336 e. The molecular formula is C10H15BrN6. The number of imidazole rings is 1. The number of halogens is 1. The average Bonchev–Trinajstić information content (AvgIpc) is 2.84. The van der Waals surface area contributed by atoms with Crippen molar-refractivity contribution in [1.29, 1.82) is 0 Å². The van der Waals surface area contributed by atoms with Gasteiger partial charge in [0.15, 0.2) is 4.60 Å². The maximum atomic E-state index is 4.38. The van der Waals surface area contributed by atoms with Crippen LogP contribution < -0.4 is 5.32 Å². The van der Waals surface area contributed by atoms with Crippen LogP contribution in [0.5, 0.6) is 0 Å². The van der Waals surface area contributed by atoms with Crippen LogP contribution in [0, 0.1) is 0 Å². The van der Waals surface area contributed by atoms with Crippen LogP contribution in [0.2, 0.25) is 0 Å². The quantitative estimate of drug-likeness (QED) is 0.915. The van der Waals surface area contributed by atoms with Crippen LogP contribution in [-0.4, -0.2) is 31.1 Å². The Hall–Kier alpha value is -1.21. The van der Waals surface area contributed by atoms with Crippen molar-refractivity contribution in [2.75, 3.05) is 6.54 Å². The Morgan fingerprint density at radius 3 is 2.71 bits per heavy atom. The van der Waals surface area contributed by atoms with Gasteiger partial charge in [-0.1, -0.05) is 12.1 Å². The molecule has 0 saturated heterocycles. The molecular weight excluding hydrogens is 284 g/mol. The van der Waals surface area contributed by atoms with E-state index in [9.17, 15) is 0 Å². The van der Waals surface area contributed by atoms with Crippen LogP contribution >= 0.6 is 15.9 Å². The minimum atomic E-state index is -0.0191. The van der Waals surface area contributed by atoms with Gasteiger partial charge in [0, 0.05) is 26.5 Å². The molecule has 17 heavy (non-hydrogen) atoms. The number of aryl methyl sites for hydroxylation is 2. The van der Waals surface area contributed by atoms with Gasteiger partial charge in [0.2, 0.25) is 0 Å². The molecule has 2 aromatic rings. The smallest absolute Gasteiger partial charge is 0.153 e. The fraction of sp³-hybridized carbons (Fsp3) is 0.500. The van der Waals surface area contributed by atoms with Crippen molar-refractivity contribution in [1.82, 2.24) is 29.9 Å². The third-order valence-corrected chi connectivity index (χ3v) is 3.19. The van der Waals surface area contributed by atoms with Crippen LogP contribution in [0.4, 0.5) is 0 Å². The zero-order valence-electron chi connectivity index (χ0n) is 10.1. The van der Waals surface area contributed by atoms with Crippen LogP contribution in [0.15, 0.2) is 17.0 Å². The minimum Gasteiger partial charge on any atom is -0.336 e. The van der Waals surface area contributed by atoms with E-state index in [1.165, 1.54) is 0 Å². The first kappa shape index (κ1) is 12.3. The van der Waals surface area contributed by atoms with Gasteiger partial charge in [-0.15, -0.1) is 5.10 Å². The van der Waals surface area contributed by atoms with Crippen molar-refractivity contribution >= 4 is 15.9 Å². The SMILES string of the molecule is CCNC(c1nccn1C)c1c(Br)nnn1C. The number of nitrogens with zero attached hydrogens (tertiary/aromatic N) is 5. The topological polar surface area (TPSA) is 60.6 Å². The summed E-state index contributed by atoms with van der Waals surface area (Å²) < 4.78 is 4.49. The molecule has 0 aliphatic rings. The maximum absolute atomic E-state index is 4.38. The molecule has 1 N–H and O–H groups in total. The first-order chi connectivity index (χ1) is 8.15. The summed E-state index contributed by atoms with van der Waals surface area (Å²) in [6.07, 6.45) is 3.72. The van der Waals surface area contributed by atoms with E-state index in [1.54, 1.807) is 10.9 Å². The van der Waals surface area contributed by atoms with Crippen LogP contribution in [0.1, 0.15) is 24.5 Å². The van der Waals surface area contributed by atoms with E-state index in [1.807, 2.05) is 24.9 Å². The Bertz CT molecular complexity index is 483. The molecule has 0 fully saturated rings. The second-order valence-corrected chi connectivity index (χ2v) is 4.53. The zero-order chi connectivity index (χ0) is 12.4. The molecule has 1 unspecified atom stereocenters. The first-order valence-electron chi connectivity index (χ1n) is 5.40. The molecule has 2 rings (SSSR count). The number of nitrogens with one attached hydrogen (secondary N) is 1. The van der Waals surface area contributed by atoms with Crippen LogP contribution in [0.3, 0.4) is 0 Å². The number of aromatic nitrogens is 5. The molecule has 0 spiro atoms. The zero-order valence-corrected chi connectivity index (χ0v) is 11.6. The summed E-state index contributed by atoms with van der Waals surface area (Å²) in [6.45, 7) is 2.91. The Balaban J connectivity index is 2.46. The standard InChI is InChI=1S/C10H15BrN6/c1-4-12-7(10-13-5-6-16(10)2)8-9(11)14-15-17(8)3/h5-7,12H,4H2,1-3H3. The fourth-order valence-corrected chi connectivity index (χ4v) is 2.37. The molecule has 0 aromatic carbocycles. The van der Waals surface area contributed by atoms with Crippen LogP contribution in [-0.2, 0) is 14.1 Å². The van der Waals surface area contributed by atoms with Gasteiger partial charge in [0.1, 0.15) is 11.9 Å². The van der Waals surface area contributed by atoms with Gasteiger partial charge in [-0.3, -0.25) is 0 Å². The van der Waals surface area contributed by atoms with E-state index in [-0.39, 0.29) is 6.04 Å². The van der Waals surface area contributed by atoms with Gasteiger partial charge in [-0.25, -0.2) is 9.67 Å². The molecule has 7 heteroatoms. The van der Waals surface area contributed by atoms with Gasteiger partial charge in [0.25, 0.3) is 0 Å². The minimum absolute atomic E-state index is 0.0191. The summed E-state index contributed by atoms with van der Waals surface area (Å²) in [5.74, 6) is 0.943. The highest BCUT2D eigenvalue weighted by Gasteiger charge is 2.24. The summed E-state index contributed by atoms with van der Waals surface area (Å²) in [6, 6.07) is -0.0191. The van der Waals surface area contributed by atoms with Gasteiger partial charge < -0.3 is 9.88 Å². The van der Waals surface area contributed by atoms with E-state index >= 15 is 0 Å². The van der Waals surface area contributed by atoms with E-state index in [2.05, 4.69) is 43.5 Å². The van der Waals surface area contributed by atoms with E-state index in [0.717, 1.165) is 22.7 Å². The molecule has 2 aromatic heterocycles. The normalized spacial score (nSPS) is 12.9. The van der Waals surface area contributed by atoms with Crippen molar-refractivity contribution in [3.05, 3.63) is 28.5 Å². The Morgan fingerprint density at radius 2 is 2.24 bits per heavy atom. The van der Waals surface area contributed by atoms with Crippen molar-refractivity contribution in [2.45, 2.75) is 13.0 Å². The second kappa shape index (κ2) is 4.97. The summed E-state index contributed by atoms with van der Waals surface area (Å²) in [5.41, 5.74) is 0.973. The molecule has 0 saturated carbocycles. The third-order valence-electron chi connectivity index (χ3n) is 2.63. The van der Waals surface area contributed by atoms with Gasteiger partial charge in [-0.05, 0) is 22.5 Å². The molecule has 0 aliphatic heterocycles. The lowest BCUT2D eigenvalue weighted by atomic mass is 10.2. The molecule has 92 valence electrons. The van der Waals surface area contributed by atoms with E-state index in [0.29, 0.717) is 0 Å². The number of hydrogen-bond acceptors (Lipinski definition) is 4. The summed E-state index contributed by atoms with van der Waals surface area (Å²) in [5, 5.41) is 11.4. The highest BCUT2D eigenvalue weighted by atomic mass is 79.9.